The molecule has 0 bridgehead atoms. The molecule has 1 aromatic rings. The lowest BCUT2D eigenvalue weighted by Crippen LogP contribution is -2.11. The third kappa shape index (κ3) is 2.84. The van der Waals surface area contributed by atoms with Crippen molar-refractivity contribution in [3.63, 3.8) is 0 Å². The molecule has 0 fully saturated rings. The molecule has 0 spiro atoms. The number of hydrogen-bond acceptors (Lipinski definition) is 2. The van der Waals surface area contributed by atoms with E-state index < -0.39 is 0 Å². The molecule has 0 radical (unpaired) electrons. The molecule has 0 saturated carbocycles. The summed E-state index contributed by atoms with van der Waals surface area (Å²) in [5.74, 6) is 0.630. The van der Waals surface area contributed by atoms with Crippen LogP contribution in [0.2, 0.25) is 0 Å². The van der Waals surface area contributed by atoms with Crippen molar-refractivity contribution < 1.29 is 0 Å². The molecular weight excluding hydrogens is 162 g/mol. The van der Waals surface area contributed by atoms with Crippen LogP contribution in [0.4, 0.5) is 0 Å². The third-order valence-corrected chi connectivity index (χ3v) is 2.03. The minimum atomic E-state index is 0.0911. The van der Waals surface area contributed by atoms with Crippen LogP contribution >= 0.6 is 0 Å². The van der Waals surface area contributed by atoms with Crippen LogP contribution in [0.5, 0.6) is 0 Å². The van der Waals surface area contributed by atoms with Crippen LogP contribution in [0.25, 0.3) is 0 Å². The summed E-state index contributed by atoms with van der Waals surface area (Å²) in [5, 5.41) is 4.41. The Bertz CT molecular complexity index is 252. The van der Waals surface area contributed by atoms with Gasteiger partial charge in [0.15, 0.2) is 0 Å². The van der Waals surface area contributed by atoms with E-state index in [4.69, 9.17) is 5.73 Å². The van der Waals surface area contributed by atoms with Gasteiger partial charge < -0.3 is 5.73 Å². The molecule has 3 nitrogen and oxygen atoms in total. The Morgan fingerprint density at radius 2 is 2.23 bits per heavy atom. The summed E-state index contributed by atoms with van der Waals surface area (Å²) in [4.78, 5) is 0. The highest BCUT2D eigenvalue weighted by molar-refractivity contribution is 5.04. The van der Waals surface area contributed by atoms with Crippen LogP contribution in [-0.4, -0.2) is 9.78 Å². The van der Waals surface area contributed by atoms with Crippen LogP contribution in [-0.2, 0) is 6.54 Å². The molecule has 74 valence electrons. The van der Waals surface area contributed by atoms with E-state index in [1.54, 1.807) is 0 Å². The fraction of sp³-hybridized carbons (Fsp3) is 0.700. The summed E-state index contributed by atoms with van der Waals surface area (Å²) in [6, 6.07) is 2.10. The molecule has 1 atom stereocenters. The Kier molecular flexibility index (Phi) is 3.48. The predicted octanol–water partition coefficient (Wildman–Crippen LogP) is 1.95. The lowest BCUT2D eigenvalue weighted by Gasteiger charge is -2.06. The first-order valence-electron chi connectivity index (χ1n) is 4.92. The van der Waals surface area contributed by atoms with Crippen molar-refractivity contribution in [3.8, 4) is 0 Å². The normalized spacial score (nSPS) is 13.6. The molecule has 0 saturated heterocycles. The molecule has 0 aliphatic heterocycles. The monoisotopic (exact) mass is 181 g/mol. The molecule has 1 aromatic heterocycles. The molecule has 0 amide bonds. The molecule has 0 aromatic carbocycles. The average Bonchev–Trinajstić information content (AvgIpc) is 2.50. The smallest absolute Gasteiger partial charge is 0.0791 e. The second kappa shape index (κ2) is 4.42. The lowest BCUT2D eigenvalue weighted by atomic mass is 10.2. The van der Waals surface area contributed by atoms with E-state index >= 15 is 0 Å². The largest absolute Gasteiger partial charge is 0.323 e. The Morgan fingerprint density at radius 3 is 2.77 bits per heavy atom. The van der Waals surface area contributed by atoms with Crippen molar-refractivity contribution in [2.75, 3.05) is 0 Å². The van der Waals surface area contributed by atoms with E-state index in [0.717, 1.165) is 18.7 Å². The second-order valence-electron chi connectivity index (χ2n) is 3.87. The van der Waals surface area contributed by atoms with Gasteiger partial charge in [-0.15, -0.1) is 0 Å². The van der Waals surface area contributed by atoms with Crippen LogP contribution in [0.3, 0.4) is 0 Å². The van der Waals surface area contributed by atoms with Crippen LogP contribution in [0.1, 0.15) is 38.9 Å². The zero-order chi connectivity index (χ0) is 9.84. The van der Waals surface area contributed by atoms with Crippen LogP contribution in [0.15, 0.2) is 12.3 Å². The summed E-state index contributed by atoms with van der Waals surface area (Å²) in [6.07, 6.45) is 2.95. The summed E-state index contributed by atoms with van der Waals surface area (Å²) in [7, 11) is 0. The first-order valence-corrected chi connectivity index (χ1v) is 4.92. The van der Waals surface area contributed by atoms with Gasteiger partial charge in [0, 0.05) is 18.8 Å². The Hall–Kier alpha value is -0.830. The van der Waals surface area contributed by atoms with Crippen molar-refractivity contribution in [2.24, 2.45) is 11.7 Å². The quantitative estimate of drug-likeness (QED) is 0.771. The van der Waals surface area contributed by atoms with E-state index in [1.807, 2.05) is 16.9 Å². The molecule has 0 aliphatic rings. The van der Waals surface area contributed by atoms with Gasteiger partial charge in [-0.05, 0) is 18.4 Å². The van der Waals surface area contributed by atoms with Gasteiger partial charge in [0.05, 0.1) is 5.69 Å². The fourth-order valence-corrected chi connectivity index (χ4v) is 1.26. The topological polar surface area (TPSA) is 43.8 Å². The summed E-state index contributed by atoms with van der Waals surface area (Å²) in [6.45, 7) is 7.41. The predicted molar refractivity (Wildman–Crippen MR) is 54.3 cm³/mol. The fourth-order valence-electron chi connectivity index (χ4n) is 1.26. The molecule has 13 heavy (non-hydrogen) atoms. The standard InChI is InChI=1S/C10H19N3/c1-4-9(11)10-5-6-13(12-10)7-8(2)3/h5-6,8-9H,4,7,11H2,1-3H3. The highest BCUT2D eigenvalue weighted by Crippen LogP contribution is 2.10. The van der Waals surface area contributed by atoms with E-state index in [0.29, 0.717) is 5.92 Å². The minimum Gasteiger partial charge on any atom is -0.323 e. The minimum absolute atomic E-state index is 0.0911. The van der Waals surface area contributed by atoms with E-state index in [-0.39, 0.29) is 6.04 Å². The highest BCUT2D eigenvalue weighted by atomic mass is 15.3. The third-order valence-electron chi connectivity index (χ3n) is 2.03. The maximum atomic E-state index is 5.86. The van der Waals surface area contributed by atoms with Gasteiger partial charge in [0.25, 0.3) is 0 Å². The summed E-state index contributed by atoms with van der Waals surface area (Å²) >= 11 is 0. The van der Waals surface area contributed by atoms with Gasteiger partial charge >= 0.3 is 0 Å². The lowest BCUT2D eigenvalue weighted by molar-refractivity contribution is 0.475. The maximum absolute atomic E-state index is 5.86. The Labute approximate surface area is 79.9 Å². The van der Waals surface area contributed by atoms with E-state index in [2.05, 4.69) is 25.9 Å². The SMILES string of the molecule is CCC(N)c1ccn(CC(C)C)n1. The van der Waals surface area contributed by atoms with Gasteiger partial charge in [-0.2, -0.15) is 5.10 Å². The van der Waals surface area contributed by atoms with Crippen molar-refractivity contribution in [2.45, 2.75) is 39.8 Å². The average molecular weight is 181 g/mol. The summed E-state index contributed by atoms with van der Waals surface area (Å²) < 4.78 is 1.97. The molecule has 1 rings (SSSR count). The van der Waals surface area contributed by atoms with Gasteiger partial charge in [0.1, 0.15) is 0 Å². The van der Waals surface area contributed by atoms with E-state index in [9.17, 15) is 0 Å². The first kappa shape index (κ1) is 10.3. The zero-order valence-corrected chi connectivity index (χ0v) is 8.70. The van der Waals surface area contributed by atoms with Gasteiger partial charge in [-0.25, -0.2) is 0 Å². The van der Waals surface area contributed by atoms with Crippen molar-refractivity contribution in [1.29, 1.82) is 0 Å². The molecule has 3 heteroatoms. The molecule has 1 unspecified atom stereocenters. The number of hydrogen-bond donors (Lipinski definition) is 1. The van der Waals surface area contributed by atoms with Gasteiger partial charge in [-0.3, -0.25) is 4.68 Å². The van der Waals surface area contributed by atoms with Crippen molar-refractivity contribution in [3.05, 3.63) is 18.0 Å². The highest BCUT2D eigenvalue weighted by Gasteiger charge is 2.06. The number of nitrogens with two attached hydrogens (primary N) is 1. The molecule has 0 aliphatic carbocycles. The molecular formula is C10H19N3. The van der Waals surface area contributed by atoms with Crippen LogP contribution in [0, 0.1) is 5.92 Å². The number of aromatic nitrogens is 2. The van der Waals surface area contributed by atoms with Crippen LogP contribution < -0.4 is 5.73 Å². The van der Waals surface area contributed by atoms with Gasteiger partial charge in [-0.1, -0.05) is 20.8 Å². The van der Waals surface area contributed by atoms with E-state index in [1.165, 1.54) is 0 Å². The number of nitrogens with zero attached hydrogens (tertiary/aromatic N) is 2. The molecule has 2 N–H and O–H groups in total. The zero-order valence-electron chi connectivity index (χ0n) is 8.70. The number of rotatable bonds is 4. The second-order valence-corrected chi connectivity index (χ2v) is 3.87. The Balaban J connectivity index is 2.63. The van der Waals surface area contributed by atoms with Crippen molar-refractivity contribution in [1.82, 2.24) is 9.78 Å². The Morgan fingerprint density at radius 1 is 1.54 bits per heavy atom. The first-order chi connectivity index (χ1) is 6.13. The van der Waals surface area contributed by atoms with Gasteiger partial charge in [0.2, 0.25) is 0 Å². The summed E-state index contributed by atoms with van der Waals surface area (Å²) in [5.41, 5.74) is 6.87. The molecule has 1 heterocycles. The van der Waals surface area contributed by atoms with Crippen molar-refractivity contribution >= 4 is 0 Å². The maximum Gasteiger partial charge on any atom is 0.0791 e.